The molecule has 7 heteroatoms. The molecular formula is C12H17N5O2. The first kappa shape index (κ1) is 12.3. The topological polar surface area (TPSA) is 103 Å². The third-order valence-corrected chi connectivity index (χ3v) is 3.23. The first-order chi connectivity index (χ1) is 9.31. The number of H-pyrrole nitrogens is 1. The number of imidazole rings is 1. The van der Waals surface area contributed by atoms with Crippen LogP contribution in [0.1, 0.15) is 36.3 Å². The summed E-state index contributed by atoms with van der Waals surface area (Å²) in [6.45, 7) is 0.828. The first-order valence-corrected chi connectivity index (χ1v) is 6.48. The molecule has 3 heterocycles. The first-order valence-electron chi connectivity index (χ1n) is 6.48. The fourth-order valence-corrected chi connectivity index (χ4v) is 2.23. The van der Waals surface area contributed by atoms with E-state index in [0.29, 0.717) is 24.6 Å². The maximum atomic E-state index is 6.03. The molecule has 102 valence electrons. The Balaban J connectivity index is 1.60. The number of hydrogen-bond donors (Lipinski definition) is 2. The highest BCUT2D eigenvalue weighted by Gasteiger charge is 2.21. The molecule has 1 aliphatic rings. The SMILES string of the molecule is N[C@H](Cc1cnc[nH]1)c1nc(CC2CCCO2)no1. The van der Waals surface area contributed by atoms with Crippen LogP contribution in [0.15, 0.2) is 17.0 Å². The second-order valence-electron chi connectivity index (χ2n) is 4.78. The molecule has 0 bridgehead atoms. The maximum absolute atomic E-state index is 6.03. The molecule has 0 spiro atoms. The van der Waals surface area contributed by atoms with Gasteiger partial charge in [-0.25, -0.2) is 4.98 Å². The minimum Gasteiger partial charge on any atom is -0.378 e. The van der Waals surface area contributed by atoms with Crippen LogP contribution < -0.4 is 5.73 Å². The van der Waals surface area contributed by atoms with Crippen LogP contribution in [-0.2, 0) is 17.6 Å². The number of nitrogens with one attached hydrogen (secondary N) is 1. The Hall–Kier alpha value is -1.73. The lowest BCUT2D eigenvalue weighted by Crippen LogP contribution is -2.14. The standard InChI is InChI=1S/C12H17N5O2/c13-10(4-8-6-14-7-15-8)12-16-11(17-19-12)5-9-2-1-3-18-9/h6-7,9-10H,1-5,13H2,(H,14,15)/t9?,10-/m1/s1. The van der Waals surface area contributed by atoms with Crippen molar-refractivity contribution in [1.29, 1.82) is 0 Å². The molecule has 7 nitrogen and oxygen atoms in total. The fourth-order valence-electron chi connectivity index (χ4n) is 2.23. The van der Waals surface area contributed by atoms with Crippen LogP contribution in [0.5, 0.6) is 0 Å². The van der Waals surface area contributed by atoms with E-state index in [1.54, 1.807) is 12.5 Å². The molecule has 0 aromatic carbocycles. The monoisotopic (exact) mass is 263 g/mol. The third-order valence-electron chi connectivity index (χ3n) is 3.23. The second kappa shape index (κ2) is 5.50. The van der Waals surface area contributed by atoms with E-state index in [2.05, 4.69) is 20.1 Å². The molecule has 19 heavy (non-hydrogen) atoms. The molecule has 2 atom stereocenters. The van der Waals surface area contributed by atoms with Crippen LogP contribution in [0.2, 0.25) is 0 Å². The molecule has 0 saturated carbocycles. The quantitative estimate of drug-likeness (QED) is 0.825. The van der Waals surface area contributed by atoms with Gasteiger partial charge in [0.15, 0.2) is 5.82 Å². The summed E-state index contributed by atoms with van der Waals surface area (Å²) in [5.41, 5.74) is 6.98. The number of aromatic amines is 1. The van der Waals surface area contributed by atoms with Crippen molar-refractivity contribution in [3.05, 3.63) is 29.9 Å². The van der Waals surface area contributed by atoms with Crippen LogP contribution in [0.3, 0.4) is 0 Å². The number of nitrogens with zero attached hydrogens (tertiary/aromatic N) is 3. The van der Waals surface area contributed by atoms with Gasteiger partial charge in [-0.2, -0.15) is 4.98 Å². The Morgan fingerprint density at radius 2 is 2.47 bits per heavy atom. The van der Waals surface area contributed by atoms with Gasteiger partial charge in [0.05, 0.1) is 18.5 Å². The number of ether oxygens (including phenoxy) is 1. The Kier molecular flexibility index (Phi) is 3.56. The van der Waals surface area contributed by atoms with Gasteiger partial charge in [-0.15, -0.1) is 0 Å². The van der Waals surface area contributed by atoms with Crippen molar-refractivity contribution in [2.24, 2.45) is 5.73 Å². The van der Waals surface area contributed by atoms with Crippen molar-refractivity contribution in [2.75, 3.05) is 6.61 Å². The van der Waals surface area contributed by atoms with Gasteiger partial charge < -0.3 is 20.0 Å². The highest BCUT2D eigenvalue weighted by Crippen LogP contribution is 2.17. The van der Waals surface area contributed by atoms with Crippen molar-refractivity contribution < 1.29 is 9.26 Å². The van der Waals surface area contributed by atoms with Crippen LogP contribution in [0, 0.1) is 0 Å². The molecule has 1 fully saturated rings. The van der Waals surface area contributed by atoms with E-state index in [1.807, 2.05) is 0 Å². The van der Waals surface area contributed by atoms with Crippen molar-refractivity contribution >= 4 is 0 Å². The van der Waals surface area contributed by atoms with Gasteiger partial charge >= 0.3 is 0 Å². The molecule has 0 radical (unpaired) electrons. The zero-order valence-corrected chi connectivity index (χ0v) is 10.6. The van der Waals surface area contributed by atoms with Crippen LogP contribution in [0.25, 0.3) is 0 Å². The van der Waals surface area contributed by atoms with Crippen LogP contribution >= 0.6 is 0 Å². The van der Waals surface area contributed by atoms with E-state index in [-0.39, 0.29) is 12.1 Å². The van der Waals surface area contributed by atoms with Crippen LogP contribution in [0.4, 0.5) is 0 Å². The summed E-state index contributed by atoms with van der Waals surface area (Å²) >= 11 is 0. The van der Waals surface area contributed by atoms with Crippen LogP contribution in [-0.4, -0.2) is 32.8 Å². The molecule has 1 saturated heterocycles. The molecule has 1 aliphatic heterocycles. The van der Waals surface area contributed by atoms with E-state index in [4.69, 9.17) is 15.0 Å². The number of nitrogens with two attached hydrogens (primary N) is 1. The van der Waals surface area contributed by atoms with E-state index < -0.39 is 0 Å². The lowest BCUT2D eigenvalue weighted by molar-refractivity contribution is 0.109. The van der Waals surface area contributed by atoms with E-state index in [1.165, 1.54) is 0 Å². The smallest absolute Gasteiger partial charge is 0.243 e. The number of hydrogen-bond acceptors (Lipinski definition) is 6. The van der Waals surface area contributed by atoms with Gasteiger partial charge in [-0.3, -0.25) is 0 Å². The molecule has 1 unspecified atom stereocenters. The molecule has 2 aromatic heterocycles. The van der Waals surface area contributed by atoms with Gasteiger partial charge in [0.25, 0.3) is 0 Å². The average Bonchev–Trinajstić information content (AvgIpc) is 3.10. The second-order valence-corrected chi connectivity index (χ2v) is 4.78. The lowest BCUT2D eigenvalue weighted by Gasteiger charge is -2.05. The largest absolute Gasteiger partial charge is 0.378 e. The molecule has 0 amide bonds. The summed E-state index contributed by atoms with van der Waals surface area (Å²) in [6, 6.07) is -0.314. The highest BCUT2D eigenvalue weighted by molar-refractivity contribution is 5.02. The predicted molar refractivity (Wildman–Crippen MR) is 66.2 cm³/mol. The zero-order valence-electron chi connectivity index (χ0n) is 10.6. The molecule has 3 rings (SSSR count). The highest BCUT2D eigenvalue weighted by atomic mass is 16.5. The third kappa shape index (κ3) is 2.99. The van der Waals surface area contributed by atoms with Gasteiger partial charge in [0, 0.05) is 31.3 Å². The van der Waals surface area contributed by atoms with Gasteiger partial charge in [-0.05, 0) is 12.8 Å². The number of aromatic nitrogens is 4. The molecule has 3 N–H and O–H groups in total. The van der Waals surface area contributed by atoms with Crippen molar-refractivity contribution in [3.8, 4) is 0 Å². The Bertz CT molecular complexity index is 504. The lowest BCUT2D eigenvalue weighted by atomic mass is 10.1. The minimum atomic E-state index is -0.314. The molecular weight excluding hydrogens is 246 g/mol. The van der Waals surface area contributed by atoms with Gasteiger partial charge in [-0.1, -0.05) is 5.16 Å². The average molecular weight is 263 g/mol. The predicted octanol–water partition coefficient (Wildman–Crippen LogP) is 0.757. The molecule has 0 aliphatic carbocycles. The summed E-state index contributed by atoms with van der Waals surface area (Å²) < 4.78 is 10.8. The summed E-state index contributed by atoms with van der Waals surface area (Å²) in [5.74, 6) is 1.13. The Morgan fingerprint density at radius 1 is 1.53 bits per heavy atom. The summed E-state index contributed by atoms with van der Waals surface area (Å²) in [6.07, 6.45) is 7.04. The maximum Gasteiger partial charge on any atom is 0.243 e. The summed E-state index contributed by atoms with van der Waals surface area (Å²) in [4.78, 5) is 11.3. The van der Waals surface area contributed by atoms with E-state index in [0.717, 1.165) is 25.1 Å². The van der Waals surface area contributed by atoms with Gasteiger partial charge in [0.2, 0.25) is 5.89 Å². The zero-order chi connectivity index (χ0) is 13.1. The Labute approximate surface area is 110 Å². The molecule has 2 aromatic rings. The van der Waals surface area contributed by atoms with Gasteiger partial charge in [0.1, 0.15) is 0 Å². The summed E-state index contributed by atoms with van der Waals surface area (Å²) in [5, 5.41) is 3.96. The summed E-state index contributed by atoms with van der Waals surface area (Å²) in [7, 11) is 0. The van der Waals surface area contributed by atoms with E-state index in [9.17, 15) is 0 Å². The van der Waals surface area contributed by atoms with E-state index >= 15 is 0 Å². The van der Waals surface area contributed by atoms with Crippen molar-refractivity contribution in [2.45, 2.75) is 37.8 Å². The Morgan fingerprint density at radius 3 is 3.21 bits per heavy atom. The van der Waals surface area contributed by atoms with Crippen molar-refractivity contribution in [3.63, 3.8) is 0 Å². The fraction of sp³-hybridized carbons (Fsp3) is 0.583. The number of rotatable bonds is 5. The van der Waals surface area contributed by atoms with Crippen molar-refractivity contribution in [1.82, 2.24) is 20.1 Å². The normalized spacial score (nSPS) is 20.8. The minimum absolute atomic E-state index is 0.217.